The van der Waals surface area contributed by atoms with Crippen LogP contribution in [0.2, 0.25) is 0 Å². The zero-order valence-corrected chi connectivity index (χ0v) is 25.2. The van der Waals surface area contributed by atoms with Crippen molar-refractivity contribution in [3.63, 3.8) is 0 Å². The summed E-state index contributed by atoms with van der Waals surface area (Å²) in [5.74, 6) is 0.219. The van der Waals surface area contributed by atoms with Crippen LogP contribution in [-0.4, -0.2) is 98.9 Å². The standard InChI is InChI=1S/C14H21N3O.C11H14N2O.C5H12BrN/c15-7-4-8-17-10-13(16-14(18)11-17)9-12-5-2-1-3-6-12;14-11-8-12-7-10(13-11)6-9-4-2-1-3-5-9;1-7(2)5-3-4-6/h1-3,5-6,13H,4,7-11,15H2,(H,16,18);1-5,10,12H,6-8H2,(H,13,14);3-5H2,1-2H3/t13-;10-;/m00./s1. The molecular weight excluding hydrogens is 556 g/mol. The van der Waals surface area contributed by atoms with Crippen LogP contribution in [0.25, 0.3) is 0 Å². The van der Waals surface area contributed by atoms with E-state index in [4.69, 9.17) is 5.73 Å². The molecule has 2 atom stereocenters. The van der Waals surface area contributed by atoms with Crippen LogP contribution >= 0.6 is 15.9 Å². The second-order valence-corrected chi connectivity index (χ2v) is 11.1. The molecule has 0 aromatic heterocycles. The second-order valence-electron chi connectivity index (χ2n) is 10.3. The van der Waals surface area contributed by atoms with E-state index in [1.165, 1.54) is 24.1 Å². The van der Waals surface area contributed by atoms with Gasteiger partial charge in [-0.05, 0) is 70.5 Å². The minimum atomic E-state index is 0.0946. The lowest BCUT2D eigenvalue weighted by Gasteiger charge is -2.33. The van der Waals surface area contributed by atoms with Gasteiger partial charge in [-0.1, -0.05) is 76.6 Å². The van der Waals surface area contributed by atoms with E-state index >= 15 is 0 Å². The summed E-state index contributed by atoms with van der Waals surface area (Å²) in [6, 6.07) is 20.9. The summed E-state index contributed by atoms with van der Waals surface area (Å²) in [5, 5.41) is 10.2. The monoisotopic (exact) mass is 602 g/mol. The number of hydrogen-bond acceptors (Lipinski definition) is 6. The molecule has 2 aromatic rings. The van der Waals surface area contributed by atoms with Crippen LogP contribution in [0.5, 0.6) is 0 Å². The molecule has 2 saturated heterocycles. The number of rotatable bonds is 10. The van der Waals surface area contributed by atoms with E-state index in [1.807, 2.05) is 36.4 Å². The molecule has 5 N–H and O–H groups in total. The highest BCUT2D eigenvalue weighted by molar-refractivity contribution is 9.09. The van der Waals surface area contributed by atoms with Crippen molar-refractivity contribution in [3.05, 3.63) is 71.8 Å². The Bertz CT molecular complexity index is 932. The Morgan fingerprint density at radius 3 is 2.00 bits per heavy atom. The van der Waals surface area contributed by atoms with Gasteiger partial charge in [-0.25, -0.2) is 0 Å². The number of benzene rings is 2. The van der Waals surface area contributed by atoms with Gasteiger partial charge in [0.15, 0.2) is 0 Å². The number of amides is 2. The fraction of sp³-hybridized carbons (Fsp3) is 0.533. The number of nitrogens with zero attached hydrogens (tertiary/aromatic N) is 2. The quantitative estimate of drug-likeness (QED) is 0.310. The molecule has 2 aliphatic heterocycles. The van der Waals surface area contributed by atoms with Crippen molar-refractivity contribution >= 4 is 27.7 Å². The van der Waals surface area contributed by atoms with Gasteiger partial charge in [-0.3, -0.25) is 14.5 Å². The van der Waals surface area contributed by atoms with Crippen molar-refractivity contribution in [1.82, 2.24) is 25.8 Å². The fourth-order valence-electron chi connectivity index (χ4n) is 4.49. The van der Waals surface area contributed by atoms with E-state index in [9.17, 15) is 9.59 Å². The molecule has 216 valence electrons. The van der Waals surface area contributed by atoms with Crippen molar-refractivity contribution in [2.75, 3.05) is 65.2 Å². The SMILES string of the molecule is CN(C)CCCBr.NCCCN1CC(=O)N[C@@H](Cc2ccccc2)C1.O=C1CNC[C@H](Cc2ccccc2)N1. The molecule has 0 unspecified atom stereocenters. The molecule has 0 saturated carbocycles. The lowest BCUT2D eigenvalue weighted by molar-refractivity contribution is -0.125. The van der Waals surface area contributed by atoms with Gasteiger partial charge < -0.3 is 26.6 Å². The Morgan fingerprint density at radius 2 is 1.49 bits per heavy atom. The maximum Gasteiger partial charge on any atom is 0.234 e. The third kappa shape index (κ3) is 15.2. The highest BCUT2D eigenvalue weighted by Crippen LogP contribution is 2.08. The van der Waals surface area contributed by atoms with Gasteiger partial charge in [-0.15, -0.1) is 0 Å². The number of nitrogens with two attached hydrogens (primary N) is 1. The van der Waals surface area contributed by atoms with Crippen LogP contribution in [0.4, 0.5) is 0 Å². The molecule has 2 amide bonds. The largest absolute Gasteiger partial charge is 0.351 e. The van der Waals surface area contributed by atoms with Crippen molar-refractivity contribution in [2.24, 2.45) is 5.73 Å². The maximum absolute atomic E-state index is 11.7. The Balaban J connectivity index is 0.000000226. The lowest BCUT2D eigenvalue weighted by atomic mass is 10.0. The molecule has 8 nitrogen and oxygen atoms in total. The highest BCUT2D eigenvalue weighted by atomic mass is 79.9. The van der Waals surface area contributed by atoms with E-state index in [0.717, 1.165) is 44.2 Å². The van der Waals surface area contributed by atoms with Gasteiger partial charge >= 0.3 is 0 Å². The average molecular weight is 604 g/mol. The third-order valence-electron chi connectivity index (χ3n) is 6.32. The Labute approximate surface area is 243 Å². The summed E-state index contributed by atoms with van der Waals surface area (Å²) in [4.78, 5) is 27.1. The average Bonchev–Trinajstić information content (AvgIpc) is 2.92. The molecule has 2 aromatic carbocycles. The first kappa shape index (κ1) is 32.9. The number of halogens is 1. The predicted molar refractivity (Wildman–Crippen MR) is 164 cm³/mol. The predicted octanol–water partition coefficient (Wildman–Crippen LogP) is 2.03. The molecule has 0 spiro atoms. The van der Waals surface area contributed by atoms with Crippen LogP contribution in [0.15, 0.2) is 60.7 Å². The number of carbonyl (C=O) groups excluding carboxylic acids is 2. The number of hydrogen-bond donors (Lipinski definition) is 4. The third-order valence-corrected chi connectivity index (χ3v) is 6.88. The van der Waals surface area contributed by atoms with E-state index in [-0.39, 0.29) is 23.9 Å². The molecule has 9 heteroatoms. The zero-order valence-electron chi connectivity index (χ0n) is 23.6. The van der Waals surface area contributed by atoms with E-state index in [0.29, 0.717) is 19.6 Å². The summed E-state index contributed by atoms with van der Waals surface area (Å²) in [7, 11) is 4.17. The molecule has 4 rings (SSSR count). The van der Waals surface area contributed by atoms with Gasteiger partial charge in [-0.2, -0.15) is 0 Å². The summed E-state index contributed by atoms with van der Waals surface area (Å²) < 4.78 is 0. The van der Waals surface area contributed by atoms with Crippen molar-refractivity contribution in [3.8, 4) is 0 Å². The zero-order chi connectivity index (χ0) is 28.3. The summed E-state index contributed by atoms with van der Waals surface area (Å²) in [6.07, 6.45) is 3.99. The minimum absolute atomic E-state index is 0.0946. The smallest absolute Gasteiger partial charge is 0.234 e. The number of carbonyl (C=O) groups is 2. The van der Waals surface area contributed by atoms with Crippen LogP contribution in [0.3, 0.4) is 0 Å². The first-order valence-corrected chi connectivity index (χ1v) is 15.0. The first-order valence-electron chi connectivity index (χ1n) is 13.9. The van der Waals surface area contributed by atoms with Crippen LogP contribution < -0.4 is 21.7 Å². The van der Waals surface area contributed by atoms with Gasteiger partial charge in [0.05, 0.1) is 13.1 Å². The van der Waals surface area contributed by atoms with Crippen LogP contribution in [-0.2, 0) is 22.4 Å². The maximum atomic E-state index is 11.7. The van der Waals surface area contributed by atoms with E-state index < -0.39 is 0 Å². The molecule has 2 fully saturated rings. The van der Waals surface area contributed by atoms with Crippen molar-refractivity contribution < 1.29 is 9.59 Å². The molecular formula is C30H47BrN6O2. The van der Waals surface area contributed by atoms with Crippen LogP contribution in [0.1, 0.15) is 24.0 Å². The Hall–Kier alpha value is -2.30. The van der Waals surface area contributed by atoms with Gasteiger partial charge in [0, 0.05) is 30.5 Å². The van der Waals surface area contributed by atoms with Crippen LogP contribution in [0, 0.1) is 0 Å². The Kier molecular flexibility index (Phi) is 16.6. The molecule has 0 bridgehead atoms. The molecule has 0 aliphatic carbocycles. The number of nitrogens with one attached hydrogen (secondary N) is 3. The summed E-state index contributed by atoms with van der Waals surface area (Å²) in [5.41, 5.74) is 8.04. The second kappa shape index (κ2) is 19.7. The van der Waals surface area contributed by atoms with E-state index in [1.54, 1.807) is 0 Å². The first-order chi connectivity index (χ1) is 18.9. The summed E-state index contributed by atoms with van der Waals surface area (Å²) >= 11 is 3.35. The number of alkyl halides is 1. The van der Waals surface area contributed by atoms with Gasteiger partial charge in [0.25, 0.3) is 0 Å². The molecule has 0 radical (unpaired) electrons. The summed E-state index contributed by atoms with van der Waals surface area (Å²) in [6.45, 7) is 5.51. The molecule has 2 aliphatic rings. The van der Waals surface area contributed by atoms with E-state index in [2.05, 4.69) is 80.0 Å². The van der Waals surface area contributed by atoms with Crippen molar-refractivity contribution in [2.45, 2.75) is 37.8 Å². The Morgan fingerprint density at radius 1 is 0.897 bits per heavy atom. The number of piperazine rings is 2. The van der Waals surface area contributed by atoms with Crippen molar-refractivity contribution in [1.29, 1.82) is 0 Å². The highest BCUT2D eigenvalue weighted by Gasteiger charge is 2.24. The van der Waals surface area contributed by atoms with Gasteiger partial charge in [0.1, 0.15) is 0 Å². The fourth-order valence-corrected chi connectivity index (χ4v) is 4.74. The lowest BCUT2D eigenvalue weighted by Crippen LogP contribution is -2.55. The topological polar surface area (TPSA) is 103 Å². The normalized spacial score (nSPS) is 19.2. The minimum Gasteiger partial charge on any atom is -0.351 e. The molecule has 39 heavy (non-hydrogen) atoms. The van der Waals surface area contributed by atoms with Gasteiger partial charge in [0.2, 0.25) is 11.8 Å². The molecule has 2 heterocycles.